The summed E-state index contributed by atoms with van der Waals surface area (Å²) in [7, 11) is 1.78. The van der Waals surface area contributed by atoms with Crippen LogP contribution in [-0.4, -0.2) is 49.8 Å². The van der Waals surface area contributed by atoms with E-state index in [1.54, 1.807) is 7.11 Å². The number of nitrogens with zero attached hydrogens (tertiary/aromatic N) is 1. The average Bonchev–Trinajstić information content (AvgIpc) is 2.18. The van der Waals surface area contributed by atoms with E-state index >= 15 is 0 Å². The molecule has 0 aromatic heterocycles. The topological polar surface area (TPSA) is 24.5 Å². The molecule has 15 heavy (non-hydrogen) atoms. The van der Waals surface area contributed by atoms with Gasteiger partial charge in [-0.3, -0.25) is 4.90 Å². The number of piperidine rings is 1. The Kier molecular flexibility index (Phi) is 5.58. The number of likely N-dealkylation sites (tertiary alicyclic amines) is 1. The van der Waals surface area contributed by atoms with Gasteiger partial charge in [0.1, 0.15) is 0 Å². The fourth-order valence-electron chi connectivity index (χ4n) is 2.66. The summed E-state index contributed by atoms with van der Waals surface area (Å²) in [5.41, 5.74) is 0. The molecular weight excluding hydrogens is 188 g/mol. The number of hydrogen-bond donors (Lipinski definition) is 1. The van der Waals surface area contributed by atoms with Crippen LogP contribution in [0.15, 0.2) is 0 Å². The van der Waals surface area contributed by atoms with Gasteiger partial charge in [-0.25, -0.2) is 0 Å². The lowest BCUT2D eigenvalue weighted by molar-refractivity contribution is 0.0463. The fourth-order valence-corrected chi connectivity index (χ4v) is 2.66. The first kappa shape index (κ1) is 12.9. The summed E-state index contributed by atoms with van der Waals surface area (Å²) in [5.74, 6) is 0. The average molecular weight is 214 g/mol. The molecule has 3 heteroatoms. The van der Waals surface area contributed by atoms with Gasteiger partial charge in [0.2, 0.25) is 0 Å². The highest BCUT2D eigenvalue weighted by Gasteiger charge is 2.27. The van der Waals surface area contributed by atoms with Crippen LogP contribution in [0.3, 0.4) is 0 Å². The summed E-state index contributed by atoms with van der Waals surface area (Å²) in [6, 6.07) is 1.94. The molecule has 1 N–H and O–H groups in total. The van der Waals surface area contributed by atoms with Gasteiger partial charge in [-0.05, 0) is 33.2 Å². The van der Waals surface area contributed by atoms with Crippen LogP contribution in [0.1, 0.15) is 33.6 Å². The van der Waals surface area contributed by atoms with Crippen molar-refractivity contribution < 1.29 is 4.74 Å². The number of hydrogen-bond acceptors (Lipinski definition) is 3. The minimum absolute atomic E-state index is 0.549. The molecule has 0 bridgehead atoms. The lowest BCUT2D eigenvalue weighted by Gasteiger charge is -2.41. The Bertz CT molecular complexity index is 175. The van der Waals surface area contributed by atoms with E-state index in [-0.39, 0.29) is 0 Å². The predicted molar refractivity (Wildman–Crippen MR) is 64.2 cm³/mol. The molecule has 0 aromatic carbocycles. The molecule has 1 aliphatic heterocycles. The van der Waals surface area contributed by atoms with Crippen LogP contribution in [0.25, 0.3) is 0 Å². The van der Waals surface area contributed by atoms with Gasteiger partial charge < -0.3 is 10.1 Å². The zero-order valence-corrected chi connectivity index (χ0v) is 10.6. The molecule has 0 aromatic rings. The molecule has 3 unspecified atom stereocenters. The Balaban J connectivity index is 2.37. The SMILES string of the molecule is CCNC1CCN(C(C)COC)C(C)C1. The maximum Gasteiger partial charge on any atom is 0.0615 e. The second-order valence-corrected chi connectivity index (χ2v) is 4.67. The number of methoxy groups -OCH3 is 1. The highest BCUT2D eigenvalue weighted by atomic mass is 16.5. The summed E-state index contributed by atoms with van der Waals surface area (Å²) in [6.07, 6.45) is 2.54. The van der Waals surface area contributed by atoms with Crippen LogP contribution in [0, 0.1) is 0 Å². The number of rotatable bonds is 5. The molecule has 0 aliphatic carbocycles. The van der Waals surface area contributed by atoms with Crippen LogP contribution in [0.2, 0.25) is 0 Å². The number of nitrogens with one attached hydrogen (secondary N) is 1. The van der Waals surface area contributed by atoms with Crippen molar-refractivity contribution in [3.63, 3.8) is 0 Å². The van der Waals surface area contributed by atoms with Crippen LogP contribution in [0.5, 0.6) is 0 Å². The molecule has 1 saturated heterocycles. The third kappa shape index (κ3) is 3.74. The Morgan fingerprint density at radius 2 is 2.27 bits per heavy atom. The van der Waals surface area contributed by atoms with Gasteiger partial charge in [0.05, 0.1) is 6.61 Å². The highest BCUT2D eigenvalue weighted by Crippen LogP contribution is 2.19. The summed E-state index contributed by atoms with van der Waals surface area (Å²) >= 11 is 0. The standard InChI is InChI=1S/C12H26N2O/c1-5-13-12-6-7-14(10(2)8-12)11(3)9-15-4/h10-13H,5-9H2,1-4H3. The monoisotopic (exact) mass is 214 g/mol. The zero-order valence-electron chi connectivity index (χ0n) is 10.6. The van der Waals surface area contributed by atoms with Crippen LogP contribution >= 0.6 is 0 Å². The van der Waals surface area contributed by atoms with E-state index in [9.17, 15) is 0 Å². The molecule has 3 atom stereocenters. The van der Waals surface area contributed by atoms with Gasteiger partial charge in [-0.1, -0.05) is 6.92 Å². The molecule has 1 heterocycles. The maximum absolute atomic E-state index is 5.22. The molecule has 1 fully saturated rings. The Morgan fingerprint density at radius 1 is 1.53 bits per heavy atom. The van der Waals surface area contributed by atoms with E-state index in [2.05, 4.69) is 31.0 Å². The summed E-state index contributed by atoms with van der Waals surface area (Å²) in [6.45, 7) is 9.90. The van der Waals surface area contributed by atoms with Crippen molar-refractivity contribution in [2.45, 2.75) is 51.7 Å². The fraction of sp³-hybridized carbons (Fsp3) is 1.00. The van der Waals surface area contributed by atoms with Gasteiger partial charge in [0, 0.05) is 31.8 Å². The van der Waals surface area contributed by atoms with Crippen molar-refractivity contribution in [2.75, 3.05) is 26.8 Å². The molecule has 1 aliphatic rings. The molecule has 90 valence electrons. The van der Waals surface area contributed by atoms with Crippen molar-refractivity contribution in [1.29, 1.82) is 0 Å². The smallest absolute Gasteiger partial charge is 0.0615 e. The van der Waals surface area contributed by atoms with E-state index in [1.807, 2.05) is 0 Å². The van der Waals surface area contributed by atoms with Gasteiger partial charge in [0.25, 0.3) is 0 Å². The van der Waals surface area contributed by atoms with Crippen LogP contribution in [-0.2, 0) is 4.74 Å². The number of ether oxygens (including phenoxy) is 1. The molecule has 0 saturated carbocycles. The minimum Gasteiger partial charge on any atom is -0.383 e. The normalized spacial score (nSPS) is 30.4. The predicted octanol–water partition coefficient (Wildman–Crippen LogP) is 1.48. The first-order valence-corrected chi connectivity index (χ1v) is 6.17. The first-order chi connectivity index (χ1) is 7.19. The minimum atomic E-state index is 0.549. The van der Waals surface area contributed by atoms with Gasteiger partial charge >= 0.3 is 0 Å². The lowest BCUT2D eigenvalue weighted by Crippen LogP contribution is -2.51. The van der Waals surface area contributed by atoms with Gasteiger partial charge in [0.15, 0.2) is 0 Å². The molecule has 0 amide bonds. The van der Waals surface area contributed by atoms with Crippen molar-refractivity contribution in [1.82, 2.24) is 10.2 Å². The van der Waals surface area contributed by atoms with Gasteiger partial charge in [-0.2, -0.15) is 0 Å². The summed E-state index contributed by atoms with van der Waals surface area (Å²) in [5, 5.41) is 3.55. The second kappa shape index (κ2) is 6.46. The Labute approximate surface area is 94.2 Å². The van der Waals surface area contributed by atoms with Crippen molar-refractivity contribution >= 4 is 0 Å². The molecule has 0 radical (unpaired) electrons. The van der Waals surface area contributed by atoms with E-state index in [4.69, 9.17) is 4.74 Å². The Hall–Kier alpha value is -0.120. The van der Waals surface area contributed by atoms with E-state index in [0.29, 0.717) is 12.1 Å². The maximum atomic E-state index is 5.22. The van der Waals surface area contributed by atoms with Crippen LogP contribution in [0.4, 0.5) is 0 Å². The Morgan fingerprint density at radius 3 is 2.80 bits per heavy atom. The van der Waals surface area contributed by atoms with E-state index in [1.165, 1.54) is 19.4 Å². The third-order valence-corrected chi connectivity index (χ3v) is 3.39. The van der Waals surface area contributed by atoms with Crippen molar-refractivity contribution in [2.24, 2.45) is 0 Å². The quantitative estimate of drug-likeness (QED) is 0.750. The van der Waals surface area contributed by atoms with E-state index < -0.39 is 0 Å². The van der Waals surface area contributed by atoms with Crippen molar-refractivity contribution in [3.05, 3.63) is 0 Å². The molecule has 0 spiro atoms. The summed E-state index contributed by atoms with van der Waals surface area (Å²) < 4.78 is 5.22. The largest absolute Gasteiger partial charge is 0.383 e. The van der Waals surface area contributed by atoms with E-state index in [0.717, 1.165) is 19.2 Å². The molecular formula is C12H26N2O. The first-order valence-electron chi connectivity index (χ1n) is 6.17. The third-order valence-electron chi connectivity index (χ3n) is 3.39. The highest BCUT2D eigenvalue weighted by molar-refractivity contribution is 4.85. The van der Waals surface area contributed by atoms with Crippen molar-refractivity contribution in [3.8, 4) is 0 Å². The van der Waals surface area contributed by atoms with Crippen LogP contribution < -0.4 is 5.32 Å². The van der Waals surface area contributed by atoms with Gasteiger partial charge in [-0.15, -0.1) is 0 Å². The molecule has 3 nitrogen and oxygen atoms in total. The zero-order chi connectivity index (χ0) is 11.3. The lowest BCUT2D eigenvalue weighted by atomic mass is 9.97. The second-order valence-electron chi connectivity index (χ2n) is 4.67. The molecule has 1 rings (SSSR count). The summed E-state index contributed by atoms with van der Waals surface area (Å²) in [4.78, 5) is 2.57.